The van der Waals surface area contributed by atoms with Gasteiger partial charge in [-0.25, -0.2) is 0 Å². The highest BCUT2D eigenvalue weighted by Gasteiger charge is 2.09. The van der Waals surface area contributed by atoms with Crippen molar-refractivity contribution in [3.8, 4) is 0 Å². The Labute approximate surface area is 118 Å². The molecule has 2 atom stereocenters. The van der Waals surface area contributed by atoms with E-state index in [4.69, 9.17) is 0 Å². The van der Waals surface area contributed by atoms with Crippen LogP contribution in [-0.4, -0.2) is 23.8 Å². The number of nitrogens with one attached hydrogen (secondary N) is 1. The number of hydrogen-bond donors (Lipinski definition) is 2. The molecule has 0 bridgehead atoms. The summed E-state index contributed by atoms with van der Waals surface area (Å²) < 4.78 is 0. The highest BCUT2D eigenvalue weighted by Crippen LogP contribution is 2.08. The molecule has 1 aromatic carbocycles. The fourth-order valence-corrected chi connectivity index (χ4v) is 2.32. The van der Waals surface area contributed by atoms with E-state index in [-0.39, 0.29) is 6.10 Å². The van der Waals surface area contributed by atoms with Crippen molar-refractivity contribution >= 4 is 0 Å². The topological polar surface area (TPSA) is 32.3 Å². The Morgan fingerprint density at radius 3 is 2.58 bits per heavy atom. The molecule has 2 heteroatoms. The Balaban J connectivity index is 2.22. The molecule has 0 saturated heterocycles. The normalized spacial score (nSPS) is 14.6. The SMILES string of the molecule is Cc1cccc(CCC(C)NCC(O)CC(C)C)c1. The van der Waals surface area contributed by atoms with Gasteiger partial charge in [-0.05, 0) is 44.6 Å². The predicted molar refractivity (Wildman–Crippen MR) is 82.4 cm³/mol. The lowest BCUT2D eigenvalue weighted by atomic mass is 10.0. The number of benzene rings is 1. The van der Waals surface area contributed by atoms with Gasteiger partial charge in [0.05, 0.1) is 6.10 Å². The van der Waals surface area contributed by atoms with Crippen LogP contribution in [0.1, 0.15) is 44.7 Å². The average Bonchev–Trinajstić information content (AvgIpc) is 2.33. The lowest BCUT2D eigenvalue weighted by Gasteiger charge is -2.18. The van der Waals surface area contributed by atoms with Gasteiger partial charge in [-0.1, -0.05) is 43.7 Å². The quantitative estimate of drug-likeness (QED) is 0.754. The van der Waals surface area contributed by atoms with Crippen molar-refractivity contribution in [2.45, 2.75) is 59.1 Å². The molecule has 0 aliphatic rings. The largest absolute Gasteiger partial charge is 0.392 e. The summed E-state index contributed by atoms with van der Waals surface area (Å²) in [5, 5.41) is 13.3. The Kier molecular flexibility index (Phi) is 7.11. The van der Waals surface area contributed by atoms with Crippen molar-refractivity contribution in [2.75, 3.05) is 6.54 Å². The Hall–Kier alpha value is -0.860. The van der Waals surface area contributed by atoms with E-state index < -0.39 is 0 Å². The molecule has 2 N–H and O–H groups in total. The van der Waals surface area contributed by atoms with E-state index in [9.17, 15) is 5.11 Å². The molecule has 0 radical (unpaired) electrons. The summed E-state index contributed by atoms with van der Waals surface area (Å²) in [6.45, 7) is 9.31. The van der Waals surface area contributed by atoms with Crippen LogP contribution in [0.25, 0.3) is 0 Å². The van der Waals surface area contributed by atoms with Crippen LogP contribution in [0.2, 0.25) is 0 Å². The average molecular weight is 263 g/mol. The first kappa shape index (κ1) is 16.2. The third kappa shape index (κ3) is 7.34. The smallest absolute Gasteiger partial charge is 0.0667 e. The molecule has 0 saturated carbocycles. The van der Waals surface area contributed by atoms with Crippen molar-refractivity contribution in [3.05, 3.63) is 35.4 Å². The molecule has 0 aliphatic carbocycles. The van der Waals surface area contributed by atoms with Gasteiger partial charge in [0.25, 0.3) is 0 Å². The molecular weight excluding hydrogens is 234 g/mol. The van der Waals surface area contributed by atoms with Crippen LogP contribution in [0, 0.1) is 12.8 Å². The first-order chi connectivity index (χ1) is 8.97. The molecular formula is C17H29NO. The minimum absolute atomic E-state index is 0.221. The Bertz CT molecular complexity index is 362. The van der Waals surface area contributed by atoms with Crippen molar-refractivity contribution < 1.29 is 5.11 Å². The molecule has 0 spiro atoms. The van der Waals surface area contributed by atoms with Gasteiger partial charge in [-0.2, -0.15) is 0 Å². The summed E-state index contributed by atoms with van der Waals surface area (Å²) in [6, 6.07) is 9.14. The zero-order valence-electron chi connectivity index (χ0n) is 12.8. The summed E-state index contributed by atoms with van der Waals surface area (Å²) in [4.78, 5) is 0. The second-order valence-electron chi connectivity index (χ2n) is 6.12. The van der Waals surface area contributed by atoms with Gasteiger partial charge in [0.1, 0.15) is 0 Å². The predicted octanol–water partition coefficient (Wildman–Crippen LogP) is 3.31. The number of rotatable bonds is 8. The van der Waals surface area contributed by atoms with Crippen LogP contribution >= 0.6 is 0 Å². The van der Waals surface area contributed by atoms with Crippen LogP contribution in [0.3, 0.4) is 0 Å². The molecule has 0 aromatic heterocycles. The van der Waals surface area contributed by atoms with Crippen molar-refractivity contribution in [1.29, 1.82) is 0 Å². The van der Waals surface area contributed by atoms with Crippen LogP contribution in [0.5, 0.6) is 0 Å². The van der Waals surface area contributed by atoms with Gasteiger partial charge in [0.15, 0.2) is 0 Å². The van der Waals surface area contributed by atoms with E-state index in [1.807, 2.05) is 0 Å². The minimum atomic E-state index is -0.221. The second kappa shape index (κ2) is 8.34. The summed E-state index contributed by atoms with van der Waals surface area (Å²) in [5.74, 6) is 0.555. The van der Waals surface area contributed by atoms with E-state index in [1.54, 1.807) is 0 Å². The van der Waals surface area contributed by atoms with E-state index in [0.717, 1.165) is 19.3 Å². The monoisotopic (exact) mass is 263 g/mol. The van der Waals surface area contributed by atoms with Crippen molar-refractivity contribution in [3.63, 3.8) is 0 Å². The molecule has 0 heterocycles. The summed E-state index contributed by atoms with van der Waals surface area (Å²) in [6.07, 6.45) is 2.85. The van der Waals surface area contributed by atoms with E-state index in [2.05, 4.69) is 57.3 Å². The maximum absolute atomic E-state index is 9.83. The molecule has 2 unspecified atom stereocenters. The van der Waals surface area contributed by atoms with Gasteiger partial charge >= 0.3 is 0 Å². The van der Waals surface area contributed by atoms with E-state index >= 15 is 0 Å². The Morgan fingerprint density at radius 2 is 1.95 bits per heavy atom. The fraction of sp³-hybridized carbons (Fsp3) is 0.647. The number of hydrogen-bond acceptors (Lipinski definition) is 2. The first-order valence-corrected chi connectivity index (χ1v) is 7.44. The maximum atomic E-state index is 9.83. The lowest BCUT2D eigenvalue weighted by Crippen LogP contribution is -2.34. The van der Waals surface area contributed by atoms with Crippen LogP contribution in [-0.2, 0) is 6.42 Å². The lowest BCUT2D eigenvalue weighted by molar-refractivity contribution is 0.142. The molecule has 0 fully saturated rings. The first-order valence-electron chi connectivity index (χ1n) is 7.44. The minimum Gasteiger partial charge on any atom is -0.392 e. The summed E-state index contributed by atoms with van der Waals surface area (Å²) >= 11 is 0. The molecule has 19 heavy (non-hydrogen) atoms. The third-order valence-electron chi connectivity index (χ3n) is 3.39. The molecule has 1 rings (SSSR count). The summed E-state index contributed by atoms with van der Waals surface area (Å²) in [7, 11) is 0. The van der Waals surface area contributed by atoms with Gasteiger partial charge in [-0.3, -0.25) is 0 Å². The molecule has 0 aliphatic heterocycles. The highest BCUT2D eigenvalue weighted by molar-refractivity contribution is 5.22. The van der Waals surface area contributed by atoms with Crippen molar-refractivity contribution in [2.24, 2.45) is 5.92 Å². The molecule has 108 valence electrons. The zero-order valence-corrected chi connectivity index (χ0v) is 12.8. The number of aryl methyl sites for hydroxylation is 2. The van der Waals surface area contributed by atoms with Gasteiger partial charge in [0.2, 0.25) is 0 Å². The maximum Gasteiger partial charge on any atom is 0.0667 e. The fourth-order valence-electron chi connectivity index (χ4n) is 2.32. The zero-order chi connectivity index (χ0) is 14.3. The van der Waals surface area contributed by atoms with Crippen LogP contribution in [0.4, 0.5) is 0 Å². The van der Waals surface area contributed by atoms with Gasteiger partial charge in [-0.15, -0.1) is 0 Å². The molecule has 0 amide bonds. The third-order valence-corrected chi connectivity index (χ3v) is 3.39. The number of aliphatic hydroxyl groups excluding tert-OH is 1. The van der Waals surface area contributed by atoms with Crippen molar-refractivity contribution in [1.82, 2.24) is 5.32 Å². The molecule has 2 nitrogen and oxygen atoms in total. The standard InChI is InChI=1S/C17H29NO/c1-13(2)10-17(19)12-18-15(4)8-9-16-7-5-6-14(3)11-16/h5-7,11,13,15,17-19H,8-10,12H2,1-4H3. The highest BCUT2D eigenvalue weighted by atomic mass is 16.3. The Morgan fingerprint density at radius 1 is 1.21 bits per heavy atom. The van der Waals surface area contributed by atoms with E-state index in [0.29, 0.717) is 18.5 Å². The van der Waals surface area contributed by atoms with Gasteiger partial charge in [0, 0.05) is 12.6 Å². The summed E-state index contributed by atoms with van der Waals surface area (Å²) in [5.41, 5.74) is 2.72. The van der Waals surface area contributed by atoms with Gasteiger partial charge < -0.3 is 10.4 Å². The van der Waals surface area contributed by atoms with Crippen LogP contribution in [0.15, 0.2) is 24.3 Å². The van der Waals surface area contributed by atoms with E-state index in [1.165, 1.54) is 11.1 Å². The second-order valence-corrected chi connectivity index (χ2v) is 6.12. The number of aliphatic hydroxyl groups is 1. The van der Waals surface area contributed by atoms with Crippen LogP contribution < -0.4 is 5.32 Å². The molecule has 1 aromatic rings.